The van der Waals surface area contributed by atoms with Crippen molar-refractivity contribution in [1.82, 2.24) is 0 Å². The van der Waals surface area contributed by atoms with Crippen molar-refractivity contribution in [1.29, 1.82) is 0 Å². The first-order chi connectivity index (χ1) is 9.22. The molecule has 0 saturated carbocycles. The lowest BCUT2D eigenvalue weighted by atomic mass is 10.2. The van der Waals surface area contributed by atoms with E-state index in [1.54, 1.807) is 6.07 Å². The molecule has 112 valence electrons. The molecule has 8 heteroatoms. The predicted molar refractivity (Wildman–Crippen MR) is 78.4 cm³/mol. The van der Waals surface area contributed by atoms with Crippen molar-refractivity contribution in [3.8, 4) is 0 Å². The standard InChI is InChI=1S/C12H13BrF4N2S/c13-9-7(11(18)20)3-4-8(10(9)14)19-6-2-1-5-12(15,16)17/h3-4,19H,1-2,5-6H2,(H2,18,20). The molecule has 0 saturated heterocycles. The van der Waals surface area contributed by atoms with E-state index in [2.05, 4.69) is 21.2 Å². The van der Waals surface area contributed by atoms with Gasteiger partial charge in [-0.15, -0.1) is 0 Å². The Labute approximate surface area is 127 Å². The number of hydrogen-bond acceptors (Lipinski definition) is 2. The fourth-order valence-corrected chi connectivity index (χ4v) is 2.41. The molecule has 0 radical (unpaired) electrons. The molecule has 0 bridgehead atoms. The van der Waals surface area contributed by atoms with Gasteiger partial charge in [-0.25, -0.2) is 4.39 Å². The molecule has 0 aromatic heterocycles. The molecule has 2 nitrogen and oxygen atoms in total. The Balaban J connectivity index is 2.53. The summed E-state index contributed by atoms with van der Waals surface area (Å²) in [4.78, 5) is 0.0625. The quantitative estimate of drug-likeness (QED) is 0.442. The molecule has 0 atom stereocenters. The lowest BCUT2D eigenvalue weighted by Crippen LogP contribution is -2.12. The van der Waals surface area contributed by atoms with Crippen LogP contribution in [0.5, 0.6) is 0 Å². The Kier molecular flexibility index (Phi) is 6.19. The largest absolute Gasteiger partial charge is 0.389 e. The summed E-state index contributed by atoms with van der Waals surface area (Å²) in [6, 6.07) is 3.01. The van der Waals surface area contributed by atoms with Crippen LogP contribution in [0.1, 0.15) is 24.8 Å². The number of alkyl halides is 3. The van der Waals surface area contributed by atoms with Crippen LogP contribution in [0.15, 0.2) is 16.6 Å². The topological polar surface area (TPSA) is 38.0 Å². The van der Waals surface area contributed by atoms with Gasteiger partial charge in [0.05, 0.1) is 10.2 Å². The monoisotopic (exact) mass is 372 g/mol. The molecule has 0 heterocycles. The third kappa shape index (κ3) is 5.24. The predicted octanol–water partition coefficient (Wildman–Crippen LogP) is 4.37. The van der Waals surface area contributed by atoms with Crippen LogP contribution in [0.3, 0.4) is 0 Å². The second-order valence-electron chi connectivity index (χ2n) is 4.15. The zero-order valence-corrected chi connectivity index (χ0v) is 12.8. The van der Waals surface area contributed by atoms with Crippen LogP contribution in [0.2, 0.25) is 0 Å². The molecule has 0 spiro atoms. The van der Waals surface area contributed by atoms with Crippen molar-refractivity contribution >= 4 is 38.8 Å². The minimum atomic E-state index is -4.15. The lowest BCUT2D eigenvalue weighted by Gasteiger charge is -2.11. The average Bonchev–Trinajstić information content (AvgIpc) is 2.32. The van der Waals surface area contributed by atoms with Gasteiger partial charge < -0.3 is 11.1 Å². The van der Waals surface area contributed by atoms with Gasteiger partial charge in [0.15, 0.2) is 5.82 Å². The van der Waals surface area contributed by atoms with Crippen molar-refractivity contribution in [3.63, 3.8) is 0 Å². The third-order valence-electron chi connectivity index (χ3n) is 2.55. The first-order valence-electron chi connectivity index (χ1n) is 5.81. The molecule has 1 aromatic rings. The number of unbranched alkanes of at least 4 members (excludes halogenated alkanes) is 1. The second-order valence-corrected chi connectivity index (χ2v) is 5.38. The van der Waals surface area contributed by atoms with E-state index >= 15 is 0 Å². The Morgan fingerprint density at radius 2 is 1.95 bits per heavy atom. The maximum absolute atomic E-state index is 13.9. The zero-order valence-electron chi connectivity index (χ0n) is 10.4. The van der Waals surface area contributed by atoms with Gasteiger partial charge in [0.2, 0.25) is 0 Å². The van der Waals surface area contributed by atoms with Gasteiger partial charge in [0.1, 0.15) is 4.99 Å². The highest BCUT2D eigenvalue weighted by atomic mass is 79.9. The fourth-order valence-electron chi connectivity index (χ4n) is 1.55. The molecular weight excluding hydrogens is 360 g/mol. The lowest BCUT2D eigenvalue weighted by molar-refractivity contribution is -0.135. The number of benzene rings is 1. The van der Waals surface area contributed by atoms with E-state index in [-0.39, 0.29) is 28.1 Å². The molecule has 0 amide bonds. The van der Waals surface area contributed by atoms with Gasteiger partial charge in [0, 0.05) is 18.5 Å². The minimum Gasteiger partial charge on any atom is -0.389 e. The molecule has 1 aromatic carbocycles. The van der Waals surface area contributed by atoms with Crippen LogP contribution in [0.25, 0.3) is 0 Å². The number of halogens is 5. The maximum Gasteiger partial charge on any atom is 0.389 e. The summed E-state index contributed by atoms with van der Waals surface area (Å²) < 4.78 is 49.9. The number of thiocarbonyl (C=S) groups is 1. The van der Waals surface area contributed by atoms with E-state index in [1.165, 1.54) is 6.07 Å². The Hall–Kier alpha value is -0.890. The molecule has 0 fully saturated rings. The molecule has 0 unspecified atom stereocenters. The highest BCUT2D eigenvalue weighted by Gasteiger charge is 2.25. The summed E-state index contributed by atoms with van der Waals surface area (Å²) in [5.41, 5.74) is 5.99. The highest BCUT2D eigenvalue weighted by molar-refractivity contribution is 9.10. The van der Waals surface area contributed by atoms with E-state index in [0.717, 1.165) is 0 Å². The number of nitrogens with one attached hydrogen (secondary N) is 1. The molecule has 3 N–H and O–H groups in total. The Morgan fingerprint density at radius 3 is 2.50 bits per heavy atom. The number of hydrogen-bond donors (Lipinski definition) is 2. The smallest absolute Gasteiger partial charge is 0.389 e. The Morgan fingerprint density at radius 1 is 1.30 bits per heavy atom. The van der Waals surface area contributed by atoms with E-state index in [4.69, 9.17) is 18.0 Å². The molecule has 20 heavy (non-hydrogen) atoms. The second kappa shape index (κ2) is 7.21. The summed E-state index contributed by atoms with van der Waals surface area (Å²) in [6.07, 6.45) is -4.67. The summed E-state index contributed by atoms with van der Waals surface area (Å²) in [5, 5.41) is 2.75. The summed E-state index contributed by atoms with van der Waals surface area (Å²) in [5.74, 6) is -0.564. The minimum absolute atomic E-state index is 0.00422. The number of anilines is 1. The zero-order chi connectivity index (χ0) is 15.3. The average molecular weight is 373 g/mol. The van der Waals surface area contributed by atoms with Crippen molar-refractivity contribution in [2.45, 2.75) is 25.4 Å². The van der Waals surface area contributed by atoms with Crippen LogP contribution in [0, 0.1) is 5.82 Å². The summed E-state index contributed by atoms with van der Waals surface area (Å²) >= 11 is 7.81. The van der Waals surface area contributed by atoms with E-state index in [1.807, 2.05) is 0 Å². The van der Waals surface area contributed by atoms with Gasteiger partial charge in [0.25, 0.3) is 0 Å². The Bertz CT molecular complexity index is 491. The molecule has 0 aliphatic carbocycles. The number of rotatable bonds is 6. The van der Waals surface area contributed by atoms with Gasteiger partial charge in [-0.1, -0.05) is 12.2 Å². The van der Waals surface area contributed by atoms with Gasteiger partial charge in [-0.3, -0.25) is 0 Å². The molecular formula is C12H13BrF4N2S. The van der Waals surface area contributed by atoms with Crippen molar-refractivity contribution < 1.29 is 17.6 Å². The van der Waals surface area contributed by atoms with Gasteiger partial charge in [-0.2, -0.15) is 13.2 Å². The van der Waals surface area contributed by atoms with E-state index < -0.39 is 18.4 Å². The first kappa shape index (κ1) is 17.2. The van der Waals surface area contributed by atoms with Crippen LogP contribution >= 0.6 is 28.1 Å². The van der Waals surface area contributed by atoms with Crippen molar-refractivity contribution in [2.24, 2.45) is 5.73 Å². The summed E-state index contributed by atoms with van der Waals surface area (Å²) in [6.45, 7) is 0.256. The van der Waals surface area contributed by atoms with Gasteiger partial charge >= 0.3 is 6.18 Å². The van der Waals surface area contributed by atoms with E-state index in [0.29, 0.717) is 12.0 Å². The maximum atomic E-state index is 13.9. The van der Waals surface area contributed by atoms with Crippen LogP contribution in [-0.2, 0) is 0 Å². The van der Waals surface area contributed by atoms with Crippen LogP contribution in [0.4, 0.5) is 23.2 Å². The van der Waals surface area contributed by atoms with Crippen molar-refractivity contribution in [3.05, 3.63) is 28.0 Å². The van der Waals surface area contributed by atoms with Gasteiger partial charge in [-0.05, 0) is 40.9 Å². The first-order valence-corrected chi connectivity index (χ1v) is 7.01. The van der Waals surface area contributed by atoms with Crippen LogP contribution in [-0.4, -0.2) is 17.7 Å². The molecule has 0 aliphatic heterocycles. The number of nitrogens with two attached hydrogens (primary N) is 1. The SMILES string of the molecule is NC(=S)c1ccc(NCCCCC(F)(F)F)c(F)c1Br. The molecule has 0 aliphatic rings. The van der Waals surface area contributed by atoms with Crippen LogP contribution < -0.4 is 11.1 Å². The van der Waals surface area contributed by atoms with E-state index in [9.17, 15) is 17.6 Å². The fraction of sp³-hybridized carbons (Fsp3) is 0.417. The summed E-state index contributed by atoms with van der Waals surface area (Å²) in [7, 11) is 0. The van der Waals surface area contributed by atoms with Crippen molar-refractivity contribution in [2.75, 3.05) is 11.9 Å². The normalized spacial score (nSPS) is 11.4. The third-order valence-corrected chi connectivity index (χ3v) is 3.55. The molecule has 1 rings (SSSR count). The highest BCUT2D eigenvalue weighted by Crippen LogP contribution is 2.27.